The summed E-state index contributed by atoms with van der Waals surface area (Å²) in [6.07, 6.45) is -3.50. The van der Waals surface area contributed by atoms with Gasteiger partial charge in [-0.1, -0.05) is 30.3 Å². The lowest BCUT2D eigenvalue weighted by Gasteiger charge is -2.05. The Labute approximate surface area is 167 Å². The van der Waals surface area contributed by atoms with E-state index in [0.29, 0.717) is 27.0 Å². The Balaban J connectivity index is 1.71. The fraction of sp³-hybridized carbons (Fsp3) is 0.235. The minimum absolute atomic E-state index is 0.0453. The van der Waals surface area contributed by atoms with E-state index in [1.807, 2.05) is 0 Å². The summed E-state index contributed by atoms with van der Waals surface area (Å²) in [5, 5.41) is 11.2. The number of aromatic nitrogens is 3. The van der Waals surface area contributed by atoms with Crippen LogP contribution in [0.25, 0.3) is 0 Å². The molecule has 2 heterocycles. The quantitative estimate of drug-likeness (QED) is 0.384. The first-order chi connectivity index (χ1) is 13.4. The molecular formula is C17H14ClF3N4O2S. The molecule has 0 bridgehead atoms. The summed E-state index contributed by atoms with van der Waals surface area (Å²) in [6.45, 7) is 1.94. The number of furan rings is 1. The maximum Gasteiger partial charge on any atom is 0.453 e. The van der Waals surface area contributed by atoms with Crippen LogP contribution in [0.2, 0.25) is 5.02 Å². The van der Waals surface area contributed by atoms with E-state index < -0.39 is 12.0 Å². The van der Waals surface area contributed by atoms with E-state index in [2.05, 4.69) is 15.3 Å². The standard InChI is InChI=1S/C17H14ClF3N4O2S/c1-2-28-16-24-23-15(17(19,20)21)25(16)22-9-13-7-8-14(27-13)10-26-12-5-3-11(18)4-6-12/h3-9H,2,10H2,1H3/b22-9-. The number of nitrogens with zero attached hydrogens (tertiary/aromatic N) is 4. The molecule has 2 aromatic heterocycles. The van der Waals surface area contributed by atoms with Crippen molar-refractivity contribution in [2.24, 2.45) is 5.10 Å². The van der Waals surface area contributed by atoms with Gasteiger partial charge in [0.2, 0.25) is 5.16 Å². The largest absolute Gasteiger partial charge is 0.486 e. The molecule has 0 aliphatic heterocycles. The van der Waals surface area contributed by atoms with Gasteiger partial charge in [-0.15, -0.1) is 10.2 Å². The van der Waals surface area contributed by atoms with Crippen molar-refractivity contribution in [3.8, 4) is 5.75 Å². The van der Waals surface area contributed by atoms with Gasteiger partial charge in [0.25, 0.3) is 5.82 Å². The fourth-order valence-corrected chi connectivity index (χ4v) is 2.85. The van der Waals surface area contributed by atoms with Gasteiger partial charge >= 0.3 is 6.18 Å². The molecule has 0 saturated carbocycles. The Hall–Kier alpha value is -2.46. The lowest BCUT2D eigenvalue weighted by molar-refractivity contribution is -0.147. The van der Waals surface area contributed by atoms with Gasteiger partial charge in [0.15, 0.2) is 0 Å². The van der Waals surface area contributed by atoms with Crippen LogP contribution in [0.15, 0.2) is 51.1 Å². The Bertz CT molecular complexity index is 954. The van der Waals surface area contributed by atoms with Crippen molar-refractivity contribution in [3.05, 3.63) is 58.8 Å². The van der Waals surface area contributed by atoms with E-state index in [9.17, 15) is 13.2 Å². The van der Waals surface area contributed by atoms with Crippen molar-refractivity contribution in [1.82, 2.24) is 14.9 Å². The van der Waals surface area contributed by atoms with E-state index in [1.165, 1.54) is 6.21 Å². The third kappa shape index (κ3) is 5.08. The molecular weight excluding hydrogens is 417 g/mol. The lowest BCUT2D eigenvalue weighted by atomic mass is 10.3. The Morgan fingerprint density at radius 1 is 1.21 bits per heavy atom. The summed E-state index contributed by atoms with van der Waals surface area (Å²) in [7, 11) is 0. The Morgan fingerprint density at radius 3 is 2.64 bits per heavy atom. The molecule has 0 amide bonds. The highest BCUT2D eigenvalue weighted by molar-refractivity contribution is 7.99. The SMILES string of the molecule is CCSc1nnc(C(F)(F)F)n1/N=C\c1ccc(COc2ccc(Cl)cc2)o1. The third-order valence-electron chi connectivity index (χ3n) is 3.32. The molecule has 3 rings (SSSR count). The van der Waals surface area contributed by atoms with Gasteiger partial charge < -0.3 is 9.15 Å². The maximum atomic E-state index is 13.1. The van der Waals surface area contributed by atoms with Crippen LogP contribution in [-0.2, 0) is 12.8 Å². The van der Waals surface area contributed by atoms with Gasteiger partial charge in [-0.3, -0.25) is 0 Å². The van der Waals surface area contributed by atoms with Crippen LogP contribution < -0.4 is 4.74 Å². The molecule has 0 aliphatic rings. The summed E-state index contributed by atoms with van der Waals surface area (Å²) in [6, 6.07) is 10.0. The van der Waals surface area contributed by atoms with E-state index in [0.717, 1.165) is 11.8 Å². The number of thioether (sulfide) groups is 1. The minimum Gasteiger partial charge on any atom is -0.486 e. The average molecular weight is 431 g/mol. The lowest BCUT2D eigenvalue weighted by Crippen LogP contribution is -2.13. The predicted octanol–water partition coefficient (Wildman–Crippen LogP) is 5.12. The molecule has 0 N–H and O–H groups in total. The highest BCUT2D eigenvalue weighted by Gasteiger charge is 2.38. The monoisotopic (exact) mass is 430 g/mol. The smallest absolute Gasteiger partial charge is 0.453 e. The average Bonchev–Trinajstić information content (AvgIpc) is 3.26. The van der Waals surface area contributed by atoms with Gasteiger partial charge in [0.05, 0.1) is 6.21 Å². The molecule has 0 atom stereocenters. The number of ether oxygens (including phenoxy) is 1. The van der Waals surface area contributed by atoms with Gasteiger partial charge in [-0.25, -0.2) is 0 Å². The second kappa shape index (κ2) is 8.70. The molecule has 1 aromatic carbocycles. The van der Waals surface area contributed by atoms with E-state index in [1.54, 1.807) is 43.3 Å². The molecule has 0 aliphatic carbocycles. The molecule has 0 fully saturated rings. The number of hydrogen-bond acceptors (Lipinski definition) is 6. The zero-order chi connectivity index (χ0) is 20.1. The van der Waals surface area contributed by atoms with Gasteiger partial charge in [0.1, 0.15) is 23.9 Å². The van der Waals surface area contributed by atoms with Crippen molar-refractivity contribution >= 4 is 29.6 Å². The second-order valence-electron chi connectivity index (χ2n) is 5.34. The normalized spacial score (nSPS) is 12.0. The summed E-state index contributed by atoms with van der Waals surface area (Å²) in [4.78, 5) is 0. The molecule has 6 nitrogen and oxygen atoms in total. The Morgan fingerprint density at radius 2 is 1.96 bits per heavy atom. The minimum atomic E-state index is -4.67. The van der Waals surface area contributed by atoms with Crippen molar-refractivity contribution < 1.29 is 22.3 Å². The second-order valence-corrected chi connectivity index (χ2v) is 7.01. The predicted molar refractivity (Wildman–Crippen MR) is 98.9 cm³/mol. The summed E-state index contributed by atoms with van der Waals surface area (Å²) in [5.74, 6) is 0.691. The summed E-state index contributed by atoms with van der Waals surface area (Å²) in [5.41, 5.74) is 0. The van der Waals surface area contributed by atoms with E-state index in [-0.39, 0.29) is 17.5 Å². The van der Waals surface area contributed by atoms with Crippen LogP contribution in [0.3, 0.4) is 0 Å². The zero-order valence-electron chi connectivity index (χ0n) is 14.5. The van der Waals surface area contributed by atoms with Crippen LogP contribution in [-0.4, -0.2) is 26.8 Å². The molecule has 148 valence electrons. The number of benzene rings is 1. The molecule has 0 spiro atoms. The summed E-state index contributed by atoms with van der Waals surface area (Å²) < 4.78 is 50.9. The van der Waals surface area contributed by atoms with Crippen LogP contribution >= 0.6 is 23.4 Å². The highest BCUT2D eigenvalue weighted by Crippen LogP contribution is 2.30. The van der Waals surface area contributed by atoms with Crippen LogP contribution in [0.4, 0.5) is 13.2 Å². The van der Waals surface area contributed by atoms with Crippen LogP contribution in [0, 0.1) is 0 Å². The first kappa shape index (κ1) is 20.3. The van der Waals surface area contributed by atoms with Gasteiger partial charge in [-0.2, -0.15) is 22.9 Å². The fourth-order valence-electron chi connectivity index (χ4n) is 2.11. The highest BCUT2D eigenvalue weighted by atomic mass is 35.5. The van der Waals surface area contributed by atoms with Crippen molar-refractivity contribution in [3.63, 3.8) is 0 Å². The number of alkyl halides is 3. The van der Waals surface area contributed by atoms with Gasteiger partial charge in [-0.05, 0) is 42.2 Å². The molecule has 11 heteroatoms. The van der Waals surface area contributed by atoms with Crippen molar-refractivity contribution in [2.45, 2.75) is 24.9 Å². The molecule has 28 heavy (non-hydrogen) atoms. The molecule has 0 radical (unpaired) electrons. The molecule has 3 aromatic rings. The molecule has 0 saturated heterocycles. The van der Waals surface area contributed by atoms with Crippen molar-refractivity contribution in [1.29, 1.82) is 0 Å². The van der Waals surface area contributed by atoms with Crippen LogP contribution in [0.1, 0.15) is 24.3 Å². The number of rotatable bonds is 7. The maximum absolute atomic E-state index is 13.1. The summed E-state index contributed by atoms with van der Waals surface area (Å²) >= 11 is 6.91. The Kier molecular flexibility index (Phi) is 6.30. The molecule has 0 unspecified atom stereocenters. The van der Waals surface area contributed by atoms with Crippen LogP contribution in [0.5, 0.6) is 5.75 Å². The first-order valence-electron chi connectivity index (χ1n) is 8.03. The number of halogens is 4. The first-order valence-corrected chi connectivity index (χ1v) is 9.40. The van der Waals surface area contributed by atoms with Gasteiger partial charge in [0, 0.05) is 5.02 Å². The zero-order valence-corrected chi connectivity index (χ0v) is 16.1. The number of hydrogen-bond donors (Lipinski definition) is 0. The third-order valence-corrected chi connectivity index (χ3v) is 4.37. The topological polar surface area (TPSA) is 65.4 Å². The van der Waals surface area contributed by atoms with Crippen molar-refractivity contribution in [2.75, 3.05) is 5.75 Å². The van der Waals surface area contributed by atoms with E-state index in [4.69, 9.17) is 20.8 Å². The van der Waals surface area contributed by atoms with E-state index >= 15 is 0 Å².